The molecule has 1 aliphatic carbocycles. The van der Waals surface area contributed by atoms with Crippen LogP contribution in [0, 0.1) is 17.3 Å². The molecule has 1 saturated heterocycles. The Hall–Kier alpha value is -1.07. The predicted molar refractivity (Wildman–Crippen MR) is 94.9 cm³/mol. The number of halogens is 1. The maximum Gasteiger partial charge on any atom is 0.310 e. The highest BCUT2D eigenvalue weighted by molar-refractivity contribution is 9.10. The summed E-state index contributed by atoms with van der Waals surface area (Å²) in [6, 6.07) is 7.74. The second kappa shape index (κ2) is 6.44. The first-order valence-electron chi connectivity index (χ1n) is 7.68. The Morgan fingerprint density at radius 3 is 2.91 bits per heavy atom. The lowest BCUT2D eigenvalue weighted by atomic mass is 10.1. The first-order valence-corrected chi connectivity index (χ1v) is 9.46. The van der Waals surface area contributed by atoms with E-state index in [9.17, 15) is 9.59 Å². The summed E-state index contributed by atoms with van der Waals surface area (Å²) >= 11 is 4.78. The van der Waals surface area contributed by atoms with E-state index in [1.807, 2.05) is 30.3 Å². The third-order valence-corrected chi connectivity index (χ3v) is 6.11. The minimum Gasteiger partial charge on any atom is -0.461 e. The van der Waals surface area contributed by atoms with Gasteiger partial charge in [0, 0.05) is 15.8 Å². The number of carbonyl (C=O) groups is 2. The summed E-state index contributed by atoms with van der Waals surface area (Å²) in [5.41, 5.74) is 1.70. The molecule has 2 atom stereocenters. The Bertz CT molecular complexity index is 681. The van der Waals surface area contributed by atoms with Crippen molar-refractivity contribution in [3.8, 4) is 0 Å². The van der Waals surface area contributed by atoms with Crippen LogP contribution >= 0.6 is 27.7 Å². The molecule has 0 radical (unpaired) electrons. The summed E-state index contributed by atoms with van der Waals surface area (Å²) in [6.07, 6.45) is 2.82. The Morgan fingerprint density at radius 2 is 2.26 bits per heavy atom. The number of thioether (sulfide) groups is 1. The van der Waals surface area contributed by atoms with Crippen LogP contribution in [-0.4, -0.2) is 16.8 Å². The maximum absolute atomic E-state index is 12.4. The van der Waals surface area contributed by atoms with Crippen LogP contribution in [0.25, 0.3) is 0 Å². The lowest BCUT2D eigenvalue weighted by molar-refractivity contribution is -0.147. The van der Waals surface area contributed by atoms with Gasteiger partial charge in [-0.15, -0.1) is 0 Å². The number of ether oxygens (including phenoxy) is 1. The number of allylic oxidation sites excluding steroid dienone is 1. The summed E-state index contributed by atoms with van der Waals surface area (Å²) in [5.74, 6) is 0.640. The predicted octanol–water partition coefficient (Wildman–Crippen LogP) is 4.35. The number of hydrogen-bond donors (Lipinski definition) is 0. The van der Waals surface area contributed by atoms with Crippen molar-refractivity contribution in [1.29, 1.82) is 0 Å². The van der Waals surface area contributed by atoms with Gasteiger partial charge in [0.05, 0.1) is 5.92 Å². The zero-order valence-corrected chi connectivity index (χ0v) is 15.6. The molecule has 0 bridgehead atoms. The van der Waals surface area contributed by atoms with Crippen LogP contribution in [0.3, 0.4) is 0 Å². The largest absolute Gasteiger partial charge is 0.461 e. The molecule has 0 unspecified atom stereocenters. The fourth-order valence-corrected chi connectivity index (χ4v) is 4.44. The van der Waals surface area contributed by atoms with E-state index in [0.29, 0.717) is 0 Å². The summed E-state index contributed by atoms with van der Waals surface area (Å²) in [4.78, 5) is 24.1. The van der Waals surface area contributed by atoms with E-state index >= 15 is 0 Å². The topological polar surface area (TPSA) is 43.4 Å². The molecule has 122 valence electrons. The quantitative estimate of drug-likeness (QED) is 0.562. The molecule has 5 heteroatoms. The molecule has 0 spiro atoms. The molecule has 1 heterocycles. The van der Waals surface area contributed by atoms with Crippen LogP contribution < -0.4 is 0 Å². The lowest BCUT2D eigenvalue weighted by Crippen LogP contribution is -2.10. The molecule has 1 aliphatic heterocycles. The fraction of sp³-hybridized carbons (Fsp3) is 0.444. The standard InChI is InChI=1S/C18H19BrO3S/c1-18(2)14(9-12-6-7-23-17(12)21)15(18)16(20)22-10-11-4-3-5-13(19)8-11/h3-5,8-9,14-15H,6-7,10H2,1-2H3/b12-9+/t14-,15-/m0/s1. The highest BCUT2D eigenvalue weighted by Crippen LogP contribution is 2.60. The molecule has 3 nitrogen and oxygen atoms in total. The van der Waals surface area contributed by atoms with Crippen molar-refractivity contribution in [3.05, 3.63) is 46.0 Å². The van der Waals surface area contributed by atoms with Crippen LogP contribution in [-0.2, 0) is 20.9 Å². The van der Waals surface area contributed by atoms with Gasteiger partial charge in [-0.25, -0.2) is 0 Å². The van der Waals surface area contributed by atoms with Crippen LogP contribution in [0.1, 0.15) is 25.8 Å². The maximum atomic E-state index is 12.4. The van der Waals surface area contributed by atoms with Crippen molar-refractivity contribution in [2.75, 3.05) is 5.75 Å². The third kappa shape index (κ3) is 3.56. The van der Waals surface area contributed by atoms with Gasteiger partial charge in [0.2, 0.25) is 5.12 Å². The van der Waals surface area contributed by atoms with Crippen molar-refractivity contribution < 1.29 is 14.3 Å². The zero-order valence-electron chi connectivity index (χ0n) is 13.2. The van der Waals surface area contributed by atoms with Crippen LogP contribution in [0.5, 0.6) is 0 Å². The normalized spacial score (nSPS) is 27.3. The Labute approximate surface area is 149 Å². The smallest absolute Gasteiger partial charge is 0.310 e. The van der Waals surface area contributed by atoms with E-state index in [1.54, 1.807) is 0 Å². The summed E-state index contributed by atoms with van der Waals surface area (Å²) < 4.78 is 6.46. The van der Waals surface area contributed by atoms with Gasteiger partial charge in [-0.2, -0.15) is 0 Å². The number of rotatable bonds is 4. The zero-order chi connectivity index (χ0) is 16.6. The first-order chi connectivity index (χ1) is 10.9. The number of esters is 1. The molecule has 3 rings (SSSR count). The monoisotopic (exact) mass is 394 g/mol. The summed E-state index contributed by atoms with van der Waals surface area (Å²) in [6.45, 7) is 4.40. The van der Waals surface area contributed by atoms with Gasteiger partial charge in [-0.3, -0.25) is 9.59 Å². The molecule has 0 N–H and O–H groups in total. The average Bonchev–Trinajstić information content (AvgIpc) is 2.81. The van der Waals surface area contributed by atoms with Gasteiger partial charge < -0.3 is 4.74 Å². The molecular formula is C18H19BrO3S. The van der Waals surface area contributed by atoms with Crippen LogP contribution in [0.4, 0.5) is 0 Å². The van der Waals surface area contributed by atoms with Crippen LogP contribution in [0.15, 0.2) is 40.4 Å². The number of hydrogen-bond acceptors (Lipinski definition) is 4. The van der Waals surface area contributed by atoms with Gasteiger partial charge in [0.25, 0.3) is 0 Å². The molecular weight excluding hydrogens is 376 g/mol. The van der Waals surface area contributed by atoms with E-state index in [-0.39, 0.29) is 34.9 Å². The number of benzene rings is 1. The van der Waals surface area contributed by atoms with Crippen molar-refractivity contribution >= 4 is 38.8 Å². The minimum absolute atomic E-state index is 0.107. The Balaban J connectivity index is 1.62. The van der Waals surface area contributed by atoms with E-state index in [0.717, 1.165) is 27.8 Å². The lowest BCUT2D eigenvalue weighted by Gasteiger charge is -2.06. The molecule has 2 fully saturated rings. The highest BCUT2D eigenvalue weighted by atomic mass is 79.9. The van der Waals surface area contributed by atoms with Crippen molar-refractivity contribution in [1.82, 2.24) is 0 Å². The van der Waals surface area contributed by atoms with E-state index in [1.165, 1.54) is 11.8 Å². The van der Waals surface area contributed by atoms with Crippen molar-refractivity contribution in [3.63, 3.8) is 0 Å². The van der Waals surface area contributed by atoms with Gasteiger partial charge in [0.1, 0.15) is 6.61 Å². The molecule has 0 amide bonds. The SMILES string of the molecule is CC1(C)[C@H](C(=O)OCc2cccc(Br)c2)[C@@H]1/C=C1\CCSC1=O. The fourth-order valence-electron chi connectivity index (χ4n) is 3.13. The van der Waals surface area contributed by atoms with E-state index in [2.05, 4.69) is 29.8 Å². The van der Waals surface area contributed by atoms with Gasteiger partial charge in [-0.1, -0.05) is 59.7 Å². The molecule has 23 heavy (non-hydrogen) atoms. The molecule has 1 saturated carbocycles. The van der Waals surface area contributed by atoms with E-state index in [4.69, 9.17) is 4.74 Å². The van der Waals surface area contributed by atoms with Crippen LogP contribution in [0.2, 0.25) is 0 Å². The van der Waals surface area contributed by atoms with Gasteiger partial charge in [-0.05, 0) is 35.4 Å². The summed E-state index contributed by atoms with van der Waals surface area (Å²) in [5, 5.41) is 0.161. The second-order valence-corrected chi connectivity index (χ2v) is 8.62. The average molecular weight is 395 g/mol. The van der Waals surface area contributed by atoms with Gasteiger partial charge in [0.15, 0.2) is 0 Å². The van der Waals surface area contributed by atoms with E-state index < -0.39 is 0 Å². The van der Waals surface area contributed by atoms with Gasteiger partial charge >= 0.3 is 5.97 Å². The van der Waals surface area contributed by atoms with Crippen molar-refractivity contribution in [2.45, 2.75) is 26.9 Å². The molecule has 0 aromatic heterocycles. The minimum atomic E-state index is -0.171. The number of carbonyl (C=O) groups excluding carboxylic acids is 2. The Kier molecular flexibility index (Phi) is 4.70. The molecule has 1 aromatic rings. The second-order valence-electron chi connectivity index (χ2n) is 6.64. The first kappa shape index (κ1) is 16.8. The Morgan fingerprint density at radius 1 is 1.48 bits per heavy atom. The van der Waals surface area contributed by atoms with Crippen molar-refractivity contribution in [2.24, 2.45) is 17.3 Å². The molecule has 1 aromatic carbocycles. The highest BCUT2D eigenvalue weighted by Gasteiger charge is 2.61. The third-order valence-electron chi connectivity index (χ3n) is 4.68. The molecule has 2 aliphatic rings. The summed E-state index contributed by atoms with van der Waals surface area (Å²) in [7, 11) is 0.